The van der Waals surface area contributed by atoms with Crippen LogP contribution in [0, 0.1) is 17.7 Å². The molecule has 1 aromatic rings. The molecule has 0 unspecified atom stereocenters. The van der Waals surface area contributed by atoms with E-state index in [2.05, 4.69) is 19.2 Å². The molecule has 0 spiro atoms. The highest BCUT2D eigenvalue weighted by Gasteiger charge is 2.44. The molecule has 0 aliphatic heterocycles. The third kappa shape index (κ3) is 4.33. The summed E-state index contributed by atoms with van der Waals surface area (Å²) in [7, 11) is 0. The summed E-state index contributed by atoms with van der Waals surface area (Å²) >= 11 is 0. The molecular formula is C22H30FNO3. The first-order chi connectivity index (χ1) is 12.9. The monoisotopic (exact) mass is 375 g/mol. The minimum atomic E-state index is -0.824. The number of hydrogen-bond donors (Lipinski definition) is 1. The van der Waals surface area contributed by atoms with Crippen molar-refractivity contribution in [2.24, 2.45) is 11.8 Å². The number of ether oxygens (including phenoxy) is 1. The van der Waals surface area contributed by atoms with Crippen molar-refractivity contribution in [3.8, 4) is 0 Å². The van der Waals surface area contributed by atoms with Gasteiger partial charge in [0.25, 0.3) is 5.91 Å². The molecule has 5 heteroatoms. The van der Waals surface area contributed by atoms with Crippen LogP contribution in [0.5, 0.6) is 0 Å². The van der Waals surface area contributed by atoms with Gasteiger partial charge in [0.15, 0.2) is 6.61 Å². The van der Waals surface area contributed by atoms with Crippen LogP contribution >= 0.6 is 0 Å². The minimum absolute atomic E-state index is 0.142. The Morgan fingerprint density at radius 2 is 1.93 bits per heavy atom. The van der Waals surface area contributed by atoms with E-state index in [-0.39, 0.29) is 24.4 Å². The molecule has 0 saturated heterocycles. The Morgan fingerprint density at radius 3 is 2.63 bits per heavy atom. The highest BCUT2D eigenvalue weighted by Crippen LogP contribution is 2.42. The van der Waals surface area contributed by atoms with Gasteiger partial charge in [-0.3, -0.25) is 9.59 Å². The average Bonchev–Trinajstić information content (AvgIpc) is 3.15. The van der Waals surface area contributed by atoms with Crippen molar-refractivity contribution in [3.05, 3.63) is 35.6 Å². The summed E-state index contributed by atoms with van der Waals surface area (Å²) in [5.41, 5.74) is -0.171. The maximum atomic E-state index is 13.7. The zero-order valence-electron chi connectivity index (χ0n) is 16.3. The van der Waals surface area contributed by atoms with Crippen LogP contribution in [0.4, 0.5) is 4.39 Å². The van der Waals surface area contributed by atoms with Gasteiger partial charge in [0.2, 0.25) is 0 Å². The molecular weight excluding hydrogens is 345 g/mol. The van der Waals surface area contributed by atoms with Crippen LogP contribution in [0.15, 0.2) is 24.3 Å². The first-order valence-electron chi connectivity index (χ1n) is 10.1. The fourth-order valence-corrected chi connectivity index (χ4v) is 4.68. The number of nitrogens with one attached hydrogen (secondary N) is 1. The van der Waals surface area contributed by atoms with E-state index in [4.69, 9.17) is 4.74 Å². The van der Waals surface area contributed by atoms with E-state index in [0.29, 0.717) is 30.2 Å². The SMILES string of the molecule is C[C@H]1[C@H](C)CCC[C@H]1NC(=O)COC(=O)C1(c2cccc(F)c2)CCCC1. The van der Waals surface area contributed by atoms with E-state index < -0.39 is 11.4 Å². The molecule has 2 saturated carbocycles. The summed E-state index contributed by atoms with van der Waals surface area (Å²) in [5.74, 6) is -0.00886. The third-order valence-corrected chi connectivity index (χ3v) is 6.61. The summed E-state index contributed by atoms with van der Waals surface area (Å²) in [4.78, 5) is 25.2. The molecule has 1 N–H and O–H groups in total. The largest absolute Gasteiger partial charge is 0.455 e. The number of benzene rings is 1. The van der Waals surface area contributed by atoms with Gasteiger partial charge in [0, 0.05) is 6.04 Å². The number of halogens is 1. The van der Waals surface area contributed by atoms with Gasteiger partial charge in [0.1, 0.15) is 5.82 Å². The molecule has 3 rings (SSSR count). The Morgan fingerprint density at radius 1 is 1.19 bits per heavy atom. The van der Waals surface area contributed by atoms with Gasteiger partial charge in [0.05, 0.1) is 5.41 Å². The smallest absolute Gasteiger partial charge is 0.317 e. The number of carbonyl (C=O) groups is 2. The maximum Gasteiger partial charge on any atom is 0.317 e. The van der Waals surface area contributed by atoms with Gasteiger partial charge in [-0.2, -0.15) is 0 Å². The highest BCUT2D eigenvalue weighted by molar-refractivity contribution is 5.86. The van der Waals surface area contributed by atoms with E-state index in [1.54, 1.807) is 12.1 Å². The van der Waals surface area contributed by atoms with E-state index in [1.807, 2.05) is 0 Å². The van der Waals surface area contributed by atoms with Gasteiger partial charge in [-0.1, -0.05) is 51.7 Å². The molecule has 2 aliphatic rings. The molecule has 148 valence electrons. The summed E-state index contributed by atoms with van der Waals surface area (Å²) in [5, 5.41) is 3.03. The molecule has 0 radical (unpaired) electrons. The first-order valence-corrected chi connectivity index (χ1v) is 10.1. The van der Waals surface area contributed by atoms with Crippen molar-refractivity contribution in [2.45, 2.75) is 70.3 Å². The van der Waals surface area contributed by atoms with Gasteiger partial charge < -0.3 is 10.1 Å². The Labute approximate surface area is 160 Å². The quantitative estimate of drug-likeness (QED) is 0.788. The van der Waals surface area contributed by atoms with Crippen molar-refractivity contribution in [1.82, 2.24) is 5.32 Å². The second-order valence-electron chi connectivity index (χ2n) is 8.32. The van der Waals surface area contributed by atoms with Crippen LogP contribution in [-0.4, -0.2) is 24.5 Å². The summed E-state index contributed by atoms with van der Waals surface area (Å²) in [6.07, 6.45) is 6.34. The number of carbonyl (C=O) groups excluding carboxylic acids is 2. The van der Waals surface area contributed by atoms with E-state index in [9.17, 15) is 14.0 Å². The molecule has 4 nitrogen and oxygen atoms in total. The summed E-state index contributed by atoms with van der Waals surface area (Å²) in [6.45, 7) is 4.11. The number of hydrogen-bond acceptors (Lipinski definition) is 3. The van der Waals surface area contributed by atoms with Gasteiger partial charge in [-0.15, -0.1) is 0 Å². The fourth-order valence-electron chi connectivity index (χ4n) is 4.68. The molecule has 2 fully saturated rings. The number of amides is 1. The maximum absolute atomic E-state index is 13.7. The fraction of sp³-hybridized carbons (Fsp3) is 0.636. The molecule has 0 heterocycles. The van der Waals surface area contributed by atoms with Crippen LogP contribution < -0.4 is 5.32 Å². The second kappa shape index (κ2) is 8.41. The molecule has 3 atom stereocenters. The molecule has 1 aromatic carbocycles. The van der Waals surface area contributed by atoms with Gasteiger partial charge in [-0.05, 0) is 48.8 Å². The molecule has 1 amide bonds. The van der Waals surface area contributed by atoms with Crippen molar-refractivity contribution in [1.29, 1.82) is 0 Å². The Bertz CT molecular complexity index is 684. The number of rotatable bonds is 5. The molecule has 0 bridgehead atoms. The molecule has 0 aromatic heterocycles. The van der Waals surface area contributed by atoms with Gasteiger partial charge >= 0.3 is 5.97 Å². The van der Waals surface area contributed by atoms with E-state index >= 15 is 0 Å². The molecule has 2 aliphatic carbocycles. The summed E-state index contributed by atoms with van der Waals surface area (Å²) < 4.78 is 19.1. The number of esters is 1. The predicted molar refractivity (Wildman–Crippen MR) is 102 cm³/mol. The lowest BCUT2D eigenvalue weighted by atomic mass is 9.78. The van der Waals surface area contributed by atoms with Crippen molar-refractivity contribution in [2.75, 3.05) is 6.61 Å². The Hall–Kier alpha value is -1.91. The zero-order valence-corrected chi connectivity index (χ0v) is 16.3. The van der Waals surface area contributed by atoms with Gasteiger partial charge in [-0.25, -0.2) is 4.39 Å². The lowest BCUT2D eigenvalue weighted by Gasteiger charge is -2.34. The highest BCUT2D eigenvalue weighted by atomic mass is 19.1. The van der Waals surface area contributed by atoms with Crippen LogP contribution in [0.1, 0.15) is 64.4 Å². The van der Waals surface area contributed by atoms with Crippen LogP contribution in [-0.2, 0) is 19.7 Å². The normalized spacial score (nSPS) is 27.1. The van der Waals surface area contributed by atoms with Crippen LogP contribution in [0.3, 0.4) is 0 Å². The zero-order chi connectivity index (χ0) is 19.4. The first kappa shape index (κ1) is 19.8. The third-order valence-electron chi connectivity index (χ3n) is 6.61. The van der Waals surface area contributed by atoms with E-state index in [0.717, 1.165) is 25.7 Å². The lowest BCUT2D eigenvalue weighted by molar-refractivity contribution is -0.154. The standard InChI is InChI=1S/C22H30FNO3/c1-15-7-5-10-19(16(15)2)24-20(25)14-27-21(26)22(11-3-4-12-22)17-8-6-9-18(23)13-17/h6,8-9,13,15-16,19H,3-5,7,10-12,14H2,1-2H3,(H,24,25)/t15-,16+,19-/m1/s1. The van der Waals surface area contributed by atoms with Crippen molar-refractivity contribution < 1.29 is 18.7 Å². The summed E-state index contributed by atoms with van der Waals surface area (Å²) in [6, 6.07) is 6.33. The Balaban J connectivity index is 1.61. The average molecular weight is 375 g/mol. The Kier molecular flexibility index (Phi) is 6.18. The predicted octanol–water partition coefficient (Wildman–Crippen LogP) is 4.12. The lowest BCUT2D eigenvalue weighted by Crippen LogP contribution is -2.46. The van der Waals surface area contributed by atoms with Crippen molar-refractivity contribution >= 4 is 11.9 Å². The minimum Gasteiger partial charge on any atom is -0.455 e. The van der Waals surface area contributed by atoms with Crippen LogP contribution in [0.2, 0.25) is 0 Å². The van der Waals surface area contributed by atoms with Crippen LogP contribution in [0.25, 0.3) is 0 Å². The van der Waals surface area contributed by atoms with E-state index in [1.165, 1.54) is 18.6 Å². The second-order valence-corrected chi connectivity index (χ2v) is 8.32. The topological polar surface area (TPSA) is 55.4 Å². The molecule has 27 heavy (non-hydrogen) atoms. The van der Waals surface area contributed by atoms with Crippen molar-refractivity contribution in [3.63, 3.8) is 0 Å².